The summed E-state index contributed by atoms with van der Waals surface area (Å²) in [5.74, 6) is -2.32. The van der Waals surface area contributed by atoms with Gasteiger partial charge in [0.15, 0.2) is 0 Å². The molecule has 0 bridgehead atoms. The molecule has 1 rings (SSSR count). The molecule has 1 amide bonds. The quantitative estimate of drug-likeness (QED) is 0.818. The molecule has 0 aromatic heterocycles. The average molecular weight is 239 g/mol. The number of carbonyl (C=O) groups is 2. The molecule has 0 spiro atoms. The number of nitrogens with one attached hydrogen (secondary N) is 1. The number of hydrogen-bond acceptors (Lipinski definition) is 2. The van der Waals surface area contributed by atoms with Crippen molar-refractivity contribution in [2.24, 2.45) is 0 Å². The van der Waals surface area contributed by atoms with E-state index in [9.17, 15) is 14.0 Å². The second-order valence-electron chi connectivity index (χ2n) is 3.71. The van der Waals surface area contributed by atoms with Crippen LogP contribution in [0.2, 0.25) is 0 Å². The molecule has 0 aliphatic rings. The number of carboxylic acid groups (broad SMARTS) is 1. The summed E-state index contributed by atoms with van der Waals surface area (Å²) < 4.78 is 12.7. The largest absolute Gasteiger partial charge is 0.481 e. The molecule has 0 saturated carbocycles. The van der Waals surface area contributed by atoms with Gasteiger partial charge >= 0.3 is 5.97 Å². The van der Waals surface area contributed by atoms with E-state index in [0.29, 0.717) is 5.56 Å². The predicted molar refractivity (Wildman–Crippen MR) is 60.1 cm³/mol. The highest BCUT2D eigenvalue weighted by atomic mass is 19.1. The molecule has 1 aromatic carbocycles. The van der Waals surface area contributed by atoms with Crippen molar-refractivity contribution in [2.45, 2.75) is 19.3 Å². The molecule has 0 aliphatic carbocycles. The van der Waals surface area contributed by atoms with Crippen molar-refractivity contribution in [1.29, 1.82) is 0 Å². The fraction of sp³-hybridized carbons (Fsp3) is 0.333. The summed E-state index contributed by atoms with van der Waals surface area (Å²) in [5, 5.41) is 11.6. The number of benzene rings is 1. The number of hydrogen-bond donors (Lipinski definition) is 2. The van der Waals surface area contributed by atoms with Crippen LogP contribution in [0.1, 0.15) is 24.8 Å². The predicted octanol–water partition coefficient (Wildman–Crippen LogP) is 1.52. The molecule has 0 radical (unpaired) electrons. The number of aliphatic carboxylic acids is 1. The van der Waals surface area contributed by atoms with E-state index in [4.69, 9.17) is 5.11 Å². The van der Waals surface area contributed by atoms with E-state index in [-0.39, 0.29) is 18.9 Å². The number of carboxylic acids is 1. The van der Waals surface area contributed by atoms with E-state index >= 15 is 0 Å². The summed E-state index contributed by atoms with van der Waals surface area (Å²) in [6.45, 7) is 1.65. The topological polar surface area (TPSA) is 66.4 Å². The normalized spacial score (nSPS) is 11.9. The van der Waals surface area contributed by atoms with Crippen molar-refractivity contribution >= 4 is 11.9 Å². The monoisotopic (exact) mass is 239 g/mol. The lowest BCUT2D eigenvalue weighted by molar-refractivity contribution is -0.139. The summed E-state index contributed by atoms with van der Waals surface area (Å²) in [6, 6.07) is 5.34. The second kappa shape index (κ2) is 5.98. The minimum atomic E-state index is -0.984. The van der Waals surface area contributed by atoms with Crippen LogP contribution in [0.3, 0.4) is 0 Å². The Morgan fingerprint density at radius 3 is 2.41 bits per heavy atom. The molecule has 2 N–H and O–H groups in total. The van der Waals surface area contributed by atoms with Gasteiger partial charge in [0.05, 0.1) is 5.92 Å². The third-order valence-electron chi connectivity index (χ3n) is 2.38. The lowest BCUT2D eigenvalue weighted by Gasteiger charge is -2.12. The van der Waals surface area contributed by atoms with E-state index in [1.807, 2.05) is 0 Å². The third kappa shape index (κ3) is 4.22. The molecule has 0 heterocycles. The Bertz CT molecular complexity index is 403. The molecule has 1 unspecified atom stereocenters. The second-order valence-corrected chi connectivity index (χ2v) is 3.71. The molecule has 92 valence electrons. The fourth-order valence-electron chi connectivity index (χ4n) is 1.52. The Kier molecular flexibility index (Phi) is 4.63. The van der Waals surface area contributed by atoms with Crippen molar-refractivity contribution < 1.29 is 19.1 Å². The maximum Gasteiger partial charge on any atom is 0.311 e. The van der Waals surface area contributed by atoms with E-state index in [1.54, 1.807) is 0 Å². The van der Waals surface area contributed by atoms with Gasteiger partial charge in [-0.05, 0) is 24.1 Å². The zero-order valence-corrected chi connectivity index (χ0v) is 9.44. The molecule has 1 atom stereocenters. The highest BCUT2D eigenvalue weighted by Gasteiger charge is 2.19. The van der Waals surface area contributed by atoms with Gasteiger partial charge in [-0.3, -0.25) is 9.59 Å². The summed E-state index contributed by atoms with van der Waals surface area (Å²) in [7, 11) is 0. The molecule has 17 heavy (non-hydrogen) atoms. The van der Waals surface area contributed by atoms with Crippen LogP contribution < -0.4 is 5.32 Å². The number of halogens is 1. The van der Waals surface area contributed by atoms with Crippen molar-refractivity contribution in [3.05, 3.63) is 35.6 Å². The smallest absolute Gasteiger partial charge is 0.311 e. The molecular weight excluding hydrogens is 225 g/mol. The van der Waals surface area contributed by atoms with E-state index < -0.39 is 17.7 Å². The molecule has 1 aromatic rings. The van der Waals surface area contributed by atoms with Crippen molar-refractivity contribution in [3.63, 3.8) is 0 Å². The van der Waals surface area contributed by atoms with Gasteiger partial charge in [-0.2, -0.15) is 0 Å². The van der Waals surface area contributed by atoms with Crippen molar-refractivity contribution in [2.75, 3.05) is 6.54 Å². The van der Waals surface area contributed by atoms with Gasteiger partial charge in [0.2, 0.25) is 5.91 Å². The van der Waals surface area contributed by atoms with Crippen LogP contribution in [-0.2, 0) is 9.59 Å². The van der Waals surface area contributed by atoms with Gasteiger partial charge in [0.25, 0.3) is 0 Å². The van der Waals surface area contributed by atoms with E-state index in [1.165, 1.54) is 31.2 Å². The Labute approximate surface area is 98.5 Å². The van der Waals surface area contributed by atoms with Crippen LogP contribution >= 0.6 is 0 Å². The minimum absolute atomic E-state index is 0.201. The number of amides is 1. The first-order valence-electron chi connectivity index (χ1n) is 5.23. The van der Waals surface area contributed by atoms with Gasteiger partial charge in [-0.15, -0.1) is 0 Å². The van der Waals surface area contributed by atoms with Crippen LogP contribution in [0.4, 0.5) is 4.39 Å². The maximum absolute atomic E-state index is 12.7. The molecule has 0 saturated heterocycles. The van der Waals surface area contributed by atoms with Crippen LogP contribution in [0.5, 0.6) is 0 Å². The third-order valence-corrected chi connectivity index (χ3v) is 2.38. The van der Waals surface area contributed by atoms with E-state index in [2.05, 4.69) is 5.32 Å². The summed E-state index contributed by atoms with van der Waals surface area (Å²) >= 11 is 0. The molecule has 0 fully saturated rings. The van der Waals surface area contributed by atoms with Crippen LogP contribution in [0.15, 0.2) is 24.3 Å². The number of rotatable bonds is 5. The van der Waals surface area contributed by atoms with Crippen LogP contribution in [0.25, 0.3) is 0 Å². The zero-order chi connectivity index (χ0) is 12.8. The lowest BCUT2D eigenvalue weighted by Crippen LogP contribution is -2.24. The van der Waals surface area contributed by atoms with E-state index in [0.717, 1.165) is 0 Å². The molecule has 5 heteroatoms. The van der Waals surface area contributed by atoms with Gasteiger partial charge in [-0.25, -0.2) is 4.39 Å². The van der Waals surface area contributed by atoms with Crippen LogP contribution in [-0.4, -0.2) is 23.5 Å². The molecule has 4 nitrogen and oxygen atoms in total. The molecule has 0 aliphatic heterocycles. The van der Waals surface area contributed by atoms with Gasteiger partial charge in [0.1, 0.15) is 5.82 Å². The summed E-state index contributed by atoms with van der Waals surface area (Å²) in [5.41, 5.74) is 0.532. The highest BCUT2D eigenvalue weighted by molar-refractivity contribution is 5.76. The molecular formula is C12H14FNO3. The lowest BCUT2D eigenvalue weighted by atomic mass is 9.96. The Morgan fingerprint density at radius 1 is 1.35 bits per heavy atom. The van der Waals surface area contributed by atoms with Gasteiger partial charge in [0, 0.05) is 13.5 Å². The summed E-state index contributed by atoms with van der Waals surface area (Å²) in [4.78, 5) is 21.7. The SMILES string of the molecule is CC(=O)NCCC(C(=O)O)c1ccc(F)cc1. The zero-order valence-electron chi connectivity index (χ0n) is 9.44. The first-order chi connectivity index (χ1) is 8.00. The van der Waals surface area contributed by atoms with Crippen molar-refractivity contribution in [3.8, 4) is 0 Å². The Hall–Kier alpha value is -1.91. The van der Waals surface area contributed by atoms with Gasteiger partial charge in [-0.1, -0.05) is 12.1 Å². The fourth-order valence-corrected chi connectivity index (χ4v) is 1.52. The summed E-state index contributed by atoms with van der Waals surface area (Å²) in [6.07, 6.45) is 0.278. The first kappa shape index (κ1) is 13.2. The highest BCUT2D eigenvalue weighted by Crippen LogP contribution is 2.19. The number of carbonyl (C=O) groups excluding carboxylic acids is 1. The first-order valence-corrected chi connectivity index (χ1v) is 5.23. The van der Waals surface area contributed by atoms with Crippen LogP contribution in [0, 0.1) is 5.82 Å². The Morgan fingerprint density at radius 2 is 1.94 bits per heavy atom. The average Bonchev–Trinajstić information content (AvgIpc) is 2.25. The Balaban J connectivity index is 2.69. The van der Waals surface area contributed by atoms with Gasteiger partial charge < -0.3 is 10.4 Å². The maximum atomic E-state index is 12.7. The minimum Gasteiger partial charge on any atom is -0.481 e. The van der Waals surface area contributed by atoms with Crippen molar-refractivity contribution in [1.82, 2.24) is 5.32 Å². The standard InChI is InChI=1S/C12H14FNO3/c1-8(15)14-7-6-11(12(16)17)9-2-4-10(13)5-3-9/h2-5,11H,6-7H2,1H3,(H,14,15)(H,16,17).